The fourth-order valence-corrected chi connectivity index (χ4v) is 11.0. The fraction of sp³-hybridized carbons (Fsp3) is 0.548. The van der Waals surface area contributed by atoms with Crippen LogP contribution in [0.2, 0.25) is 18.1 Å². The van der Waals surface area contributed by atoms with Gasteiger partial charge in [-0.15, -0.1) is 0 Å². The molecule has 0 spiro atoms. The molecule has 2 aliphatic rings. The summed E-state index contributed by atoms with van der Waals surface area (Å²) < 4.78 is 74.1. The maximum atomic E-state index is 15.2. The molecule has 31 heteroatoms. The van der Waals surface area contributed by atoms with Gasteiger partial charge in [-0.2, -0.15) is 10.2 Å². The molecule has 73 heavy (non-hydrogen) atoms. The second-order valence-electron chi connectivity index (χ2n) is 18.7. The van der Waals surface area contributed by atoms with Crippen molar-refractivity contribution >= 4 is 70.3 Å². The molecule has 7 rings (SSSR count). The maximum absolute atomic E-state index is 15.2. The number of carbonyl (C=O) groups excluding carboxylic acids is 2. The van der Waals surface area contributed by atoms with Crippen LogP contribution < -0.4 is 16.2 Å². The minimum Gasteiger partial charge on any atom is -0.407 e. The van der Waals surface area contributed by atoms with Gasteiger partial charge in [0.1, 0.15) is 30.7 Å². The van der Waals surface area contributed by atoms with Gasteiger partial charge >= 0.3 is 16.1 Å². The van der Waals surface area contributed by atoms with E-state index in [4.69, 9.17) is 32.0 Å². The molecule has 5 aromatic rings. The van der Waals surface area contributed by atoms with Crippen LogP contribution in [0.15, 0.2) is 59.2 Å². The molecule has 2 aliphatic heterocycles. The van der Waals surface area contributed by atoms with Crippen LogP contribution >= 0.6 is 16.1 Å². The van der Waals surface area contributed by atoms with E-state index in [9.17, 15) is 39.7 Å². The molecular formula is C42H56N14O14P2Si. The lowest BCUT2D eigenvalue weighted by atomic mass is 9.94. The Morgan fingerprint density at radius 2 is 1.71 bits per heavy atom. The van der Waals surface area contributed by atoms with Gasteiger partial charge in [0, 0.05) is 28.9 Å². The molecule has 0 saturated carbocycles. The van der Waals surface area contributed by atoms with Crippen LogP contribution in [0.1, 0.15) is 70.3 Å². The number of amides is 2. The van der Waals surface area contributed by atoms with Crippen LogP contribution in [0.4, 0.5) is 11.8 Å². The second kappa shape index (κ2) is 23.2. The number of rotatable bonds is 22. The standard InChI is InChI=1S/C42H56N14O14P2Si/c1-23(2)36(58)52-41-51-35-29(38(60)53-41)48-22-56(35)39-30(68-71(61)62)25(14-16-49-54-44)27(67-39)19-65-72(63,64-17-11-15-43)69-31-26(18-57)66-40(32(31)70-73(6,7)42(3,4)5)55-21-47-28-33(45-20-46-34(28)55)50-37(59)24-12-9-8-10-13-24/h8-10,12-13,20-23,25-27,30-32,39-40,57,71H,11,14,16-19H2,1-7H3,(H,61,62)(H,45,46,50,59)(H2,51,52,53,58,60)/t25-,26-,27-,30-,31-,32-,39-,40-,72?/m1/s1. The van der Waals surface area contributed by atoms with Crippen molar-refractivity contribution in [2.45, 2.75) is 109 Å². The number of phosphoric acid groups is 1. The number of benzene rings is 1. The second-order valence-corrected chi connectivity index (χ2v) is 25.9. The molecule has 1 aromatic carbocycles. The van der Waals surface area contributed by atoms with Crippen molar-refractivity contribution in [3.8, 4) is 6.07 Å². The molecule has 5 N–H and O–H groups in total. The van der Waals surface area contributed by atoms with E-state index in [-0.39, 0.29) is 53.5 Å². The number of H-pyrrole nitrogens is 1. The van der Waals surface area contributed by atoms with Gasteiger partial charge in [0.15, 0.2) is 48.9 Å². The van der Waals surface area contributed by atoms with Crippen LogP contribution in [0, 0.1) is 23.2 Å². The minimum absolute atomic E-state index is 0.0571. The zero-order valence-electron chi connectivity index (χ0n) is 40.7. The van der Waals surface area contributed by atoms with Crippen LogP contribution in [0.3, 0.4) is 0 Å². The van der Waals surface area contributed by atoms with Gasteiger partial charge in [0.25, 0.3) is 11.5 Å². The fourth-order valence-electron chi connectivity index (χ4n) is 7.83. The molecule has 0 bridgehead atoms. The number of fused-ring (bicyclic) bond motifs is 2. The number of hydrogen-bond donors (Lipinski definition) is 5. The molecule has 6 heterocycles. The summed E-state index contributed by atoms with van der Waals surface area (Å²) in [6, 6.07) is 10.4. The summed E-state index contributed by atoms with van der Waals surface area (Å²) >= 11 is 0. The van der Waals surface area contributed by atoms with E-state index < -0.39 is 121 Å². The Balaban J connectivity index is 1.24. The van der Waals surface area contributed by atoms with Crippen LogP contribution in [0.5, 0.6) is 0 Å². The van der Waals surface area contributed by atoms with Gasteiger partial charge in [0.2, 0.25) is 11.9 Å². The number of nitrogens with zero attached hydrogens (tertiary/aromatic N) is 11. The highest BCUT2D eigenvalue weighted by Crippen LogP contribution is 2.56. The zero-order chi connectivity index (χ0) is 52.8. The average molecular weight is 1070 g/mol. The normalized spacial score (nSPS) is 23.5. The molecule has 0 radical (unpaired) electrons. The van der Waals surface area contributed by atoms with Gasteiger partial charge < -0.3 is 33.7 Å². The van der Waals surface area contributed by atoms with Crippen molar-refractivity contribution in [3.63, 3.8) is 0 Å². The highest BCUT2D eigenvalue weighted by molar-refractivity contribution is 7.48. The molecule has 10 atom stereocenters. The number of azide groups is 1. The summed E-state index contributed by atoms with van der Waals surface area (Å²) in [7, 11) is -11.6. The Hall–Kier alpha value is -5.82. The third kappa shape index (κ3) is 12.4. The first-order chi connectivity index (χ1) is 34.7. The Morgan fingerprint density at radius 1 is 1.03 bits per heavy atom. The molecule has 2 fully saturated rings. The first-order valence-corrected chi connectivity index (χ1v) is 28.6. The van der Waals surface area contributed by atoms with E-state index in [2.05, 4.69) is 50.6 Å². The van der Waals surface area contributed by atoms with E-state index in [0.717, 1.165) is 0 Å². The number of aliphatic hydroxyl groups is 1. The van der Waals surface area contributed by atoms with E-state index in [1.165, 1.54) is 28.1 Å². The molecule has 0 aliphatic carbocycles. The number of hydrogen-bond acceptors (Lipinski definition) is 20. The van der Waals surface area contributed by atoms with Gasteiger partial charge in [-0.3, -0.25) is 52.0 Å². The van der Waals surface area contributed by atoms with Gasteiger partial charge in [-0.1, -0.05) is 57.9 Å². The summed E-state index contributed by atoms with van der Waals surface area (Å²) in [6.45, 7) is 11.1. The predicted octanol–water partition coefficient (Wildman–Crippen LogP) is 5.51. The number of phosphoric ester groups is 1. The lowest BCUT2D eigenvalue weighted by molar-refractivity contribution is -0.118. The lowest BCUT2D eigenvalue weighted by Crippen LogP contribution is -2.49. The molecule has 4 aromatic heterocycles. The van der Waals surface area contributed by atoms with Gasteiger partial charge in [-0.25, -0.2) is 24.5 Å². The summed E-state index contributed by atoms with van der Waals surface area (Å²) in [4.78, 5) is 76.1. The number of nitrogens with one attached hydrogen (secondary N) is 3. The van der Waals surface area contributed by atoms with E-state index in [1.54, 1.807) is 44.2 Å². The predicted molar refractivity (Wildman–Crippen MR) is 261 cm³/mol. The van der Waals surface area contributed by atoms with Crippen LogP contribution in [0.25, 0.3) is 32.8 Å². The largest absolute Gasteiger partial charge is 0.475 e. The molecular weight excluding hydrogens is 1010 g/mol. The van der Waals surface area contributed by atoms with Crippen LogP contribution in [-0.2, 0) is 45.9 Å². The first kappa shape index (κ1) is 54.9. The van der Waals surface area contributed by atoms with E-state index >= 15 is 4.57 Å². The molecule has 28 nitrogen and oxygen atoms in total. The number of anilines is 2. The number of nitriles is 1. The topological polar surface area (TPSA) is 377 Å². The Labute approximate surface area is 418 Å². The number of aliphatic hydroxyl groups excluding tert-OH is 1. The van der Waals surface area contributed by atoms with Gasteiger partial charge in [0.05, 0.1) is 51.1 Å². The molecule has 2 saturated heterocycles. The summed E-state index contributed by atoms with van der Waals surface area (Å²) in [6.07, 6.45) is -5.64. The van der Waals surface area contributed by atoms with Crippen LogP contribution in [-0.4, -0.2) is 126 Å². The van der Waals surface area contributed by atoms with Crippen molar-refractivity contribution in [1.29, 1.82) is 5.26 Å². The number of aromatic amines is 1. The maximum Gasteiger partial charge on any atom is 0.475 e. The zero-order valence-corrected chi connectivity index (χ0v) is 43.6. The quantitative estimate of drug-likeness (QED) is 0.0142. The summed E-state index contributed by atoms with van der Waals surface area (Å²) in [5.74, 6) is -2.52. The Kier molecular flexibility index (Phi) is 17.4. The smallest absolute Gasteiger partial charge is 0.407 e. The van der Waals surface area contributed by atoms with Crippen molar-refractivity contribution in [3.05, 3.63) is 75.7 Å². The van der Waals surface area contributed by atoms with Gasteiger partial charge in [-0.05, 0) is 42.2 Å². The average Bonchev–Trinajstić information content (AvgIpc) is 4.12. The number of aromatic nitrogens is 8. The minimum atomic E-state index is -4.94. The summed E-state index contributed by atoms with van der Waals surface area (Å²) in [5.41, 5.74) is 8.88. The molecule has 2 unspecified atom stereocenters. The monoisotopic (exact) mass is 1070 g/mol. The first-order valence-electron chi connectivity index (χ1n) is 22.9. The molecule has 2 amide bonds. The highest BCUT2D eigenvalue weighted by Gasteiger charge is 2.55. The SMILES string of the molecule is CC(C)C(=O)Nc1nc2c(ncn2[C@@H]2O[C@H](COP(=O)(OCCC#N)O[C@H]3[C@@H](O[Si](C)(C)C(C)(C)C)[C@H](n4cnc5c(NC(=O)c6ccccc6)ncnc54)O[C@@H]3CO)[C@@H](CCN=[N+]=[N-])[C@H]2O[PH](=O)O)c(=O)[nH]1. The highest BCUT2D eigenvalue weighted by atomic mass is 31.2. The molecule has 392 valence electrons. The van der Waals surface area contributed by atoms with Crippen molar-refractivity contribution in [2.75, 3.05) is 37.0 Å². The third-order valence-corrected chi connectivity index (χ3v) is 19.0. The third-order valence-electron chi connectivity index (χ3n) is 12.5. The number of ether oxygens (including phenoxy) is 2. The lowest BCUT2D eigenvalue weighted by Gasteiger charge is -2.40. The van der Waals surface area contributed by atoms with Crippen molar-refractivity contribution in [1.82, 2.24) is 39.0 Å². The van der Waals surface area contributed by atoms with Crippen molar-refractivity contribution in [2.24, 2.45) is 17.0 Å². The van der Waals surface area contributed by atoms with E-state index in [0.29, 0.717) is 5.56 Å². The summed E-state index contributed by atoms with van der Waals surface area (Å²) in [5, 5.41) is 28.9. The number of carbonyl (C=O) groups is 2. The van der Waals surface area contributed by atoms with Crippen molar-refractivity contribution < 1.29 is 60.7 Å². The Morgan fingerprint density at radius 3 is 2.37 bits per heavy atom. The number of imidazole rings is 2. The Bertz CT molecular complexity index is 3010. The van der Waals surface area contributed by atoms with E-state index in [1.807, 2.05) is 39.9 Å².